The quantitative estimate of drug-likeness (QED) is 0.872. The normalized spacial score (nSPS) is 17.7. The maximum absolute atomic E-state index is 12.5. The first-order valence-electron chi connectivity index (χ1n) is 7.60. The van der Waals surface area contributed by atoms with E-state index in [-0.39, 0.29) is 18.9 Å². The van der Waals surface area contributed by atoms with Crippen molar-refractivity contribution < 1.29 is 22.7 Å². The lowest BCUT2D eigenvalue weighted by molar-refractivity contribution is -0.134. The van der Waals surface area contributed by atoms with E-state index in [4.69, 9.17) is 10.5 Å². The molecule has 23 heavy (non-hydrogen) atoms. The van der Waals surface area contributed by atoms with Gasteiger partial charge in [0.1, 0.15) is 0 Å². The van der Waals surface area contributed by atoms with E-state index in [0.717, 1.165) is 0 Å². The SMILES string of the molecule is NCC1(C(=O)Nc2ccc(CCC(F)(F)F)cc2)CCOCC1. The topological polar surface area (TPSA) is 64.4 Å². The number of hydrogen-bond acceptors (Lipinski definition) is 3. The molecule has 1 saturated heterocycles. The maximum Gasteiger partial charge on any atom is 0.389 e. The van der Waals surface area contributed by atoms with Crippen LogP contribution >= 0.6 is 0 Å². The standard InChI is InChI=1S/C16H21F3N2O2/c17-16(18,19)6-5-12-1-3-13(4-2-12)21-14(22)15(11-20)7-9-23-10-8-15/h1-4H,5-11,20H2,(H,21,22). The van der Waals surface area contributed by atoms with Gasteiger partial charge in [0.2, 0.25) is 5.91 Å². The van der Waals surface area contributed by atoms with Crippen LogP contribution in [0.3, 0.4) is 0 Å². The van der Waals surface area contributed by atoms with E-state index < -0.39 is 18.0 Å². The van der Waals surface area contributed by atoms with Gasteiger partial charge in [-0.05, 0) is 37.0 Å². The molecule has 7 heteroatoms. The zero-order valence-electron chi connectivity index (χ0n) is 12.8. The third-order valence-corrected chi connectivity index (χ3v) is 4.23. The second-order valence-electron chi connectivity index (χ2n) is 5.86. The molecule has 128 valence electrons. The van der Waals surface area contributed by atoms with Gasteiger partial charge in [0.25, 0.3) is 0 Å². The lowest BCUT2D eigenvalue weighted by Gasteiger charge is -2.34. The number of nitrogens with two attached hydrogens (primary N) is 1. The fourth-order valence-corrected chi connectivity index (χ4v) is 2.59. The van der Waals surface area contributed by atoms with E-state index in [1.54, 1.807) is 24.3 Å². The highest BCUT2D eigenvalue weighted by molar-refractivity contribution is 5.95. The molecule has 3 N–H and O–H groups in total. The predicted octanol–water partition coefficient (Wildman–Crippen LogP) is 2.88. The van der Waals surface area contributed by atoms with Crippen molar-refractivity contribution in [1.29, 1.82) is 0 Å². The largest absolute Gasteiger partial charge is 0.389 e. The van der Waals surface area contributed by atoms with Crippen LogP contribution in [0, 0.1) is 5.41 Å². The van der Waals surface area contributed by atoms with Crippen molar-refractivity contribution >= 4 is 11.6 Å². The number of anilines is 1. The van der Waals surface area contributed by atoms with Crippen LogP contribution in [0.15, 0.2) is 24.3 Å². The molecule has 0 unspecified atom stereocenters. The van der Waals surface area contributed by atoms with Crippen molar-refractivity contribution in [3.63, 3.8) is 0 Å². The zero-order chi connectivity index (χ0) is 16.9. The molecule has 1 aromatic carbocycles. The highest BCUT2D eigenvalue weighted by Gasteiger charge is 2.38. The van der Waals surface area contributed by atoms with Crippen LogP contribution in [-0.4, -0.2) is 31.8 Å². The minimum absolute atomic E-state index is 0.0677. The summed E-state index contributed by atoms with van der Waals surface area (Å²) in [6, 6.07) is 6.43. The van der Waals surface area contributed by atoms with Gasteiger partial charge in [-0.25, -0.2) is 0 Å². The molecule has 0 aromatic heterocycles. The van der Waals surface area contributed by atoms with Gasteiger partial charge in [0.05, 0.1) is 5.41 Å². The first-order valence-corrected chi connectivity index (χ1v) is 7.60. The number of halogens is 3. The number of ether oxygens (including phenoxy) is 1. The summed E-state index contributed by atoms with van der Waals surface area (Å²) < 4.78 is 41.9. The summed E-state index contributed by atoms with van der Waals surface area (Å²) in [5.74, 6) is -0.161. The van der Waals surface area contributed by atoms with Crippen LogP contribution in [0.2, 0.25) is 0 Å². The van der Waals surface area contributed by atoms with Crippen molar-refractivity contribution in [2.24, 2.45) is 11.1 Å². The maximum atomic E-state index is 12.5. The number of carbonyl (C=O) groups excluding carboxylic acids is 1. The molecular formula is C16H21F3N2O2. The fourth-order valence-electron chi connectivity index (χ4n) is 2.59. The van der Waals surface area contributed by atoms with Crippen LogP contribution in [0.4, 0.5) is 18.9 Å². The summed E-state index contributed by atoms with van der Waals surface area (Å²) in [6.45, 7) is 1.24. The summed E-state index contributed by atoms with van der Waals surface area (Å²) >= 11 is 0. The second-order valence-corrected chi connectivity index (χ2v) is 5.86. The molecule has 1 aromatic rings. The van der Waals surface area contributed by atoms with Crippen LogP contribution in [0.1, 0.15) is 24.8 Å². The monoisotopic (exact) mass is 330 g/mol. The van der Waals surface area contributed by atoms with Crippen molar-refractivity contribution in [3.8, 4) is 0 Å². The first-order chi connectivity index (χ1) is 10.8. The number of carbonyl (C=O) groups is 1. The molecule has 0 bridgehead atoms. The minimum Gasteiger partial charge on any atom is -0.381 e. The number of amides is 1. The molecule has 1 heterocycles. The Kier molecular flexibility index (Phi) is 5.64. The lowest BCUT2D eigenvalue weighted by atomic mass is 9.79. The van der Waals surface area contributed by atoms with Crippen LogP contribution < -0.4 is 11.1 Å². The molecular weight excluding hydrogens is 309 g/mol. The lowest BCUT2D eigenvalue weighted by Crippen LogP contribution is -2.46. The smallest absolute Gasteiger partial charge is 0.381 e. The Hall–Kier alpha value is -1.60. The minimum atomic E-state index is -4.16. The Labute approximate surface area is 133 Å². The molecule has 4 nitrogen and oxygen atoms in total. The molecule has 1 aliphatic rings. The van der Waals surface area contributed by atoms with Crippen molar-refractivity contribution in [1.82, 2.24) is 0 Å². The summed E-state index contributed by atoms with van der Waals surface area (Å²) in [7, 11) is 0. The average Bonchev–Trinajstić information content (AvgIpc) is 2.54. The summed E-state index contributed by atoms with van der Waals surface area (Å²) in [6.07, 6.45) is -3.95. The summed E-state index contributed by atoms with van der Waals surface area (Å²) in [5, 5.41) is 2.81. The van der Waals surface area contributed by atoms with E-state index >= 15 is 0 Å². The highest BCUT2D eigenvalue weighted by Crippen LogP contribution is 2.31. The van der Waals surface area contributed by atoms with Gasteiger partial charge in [0.15, 0.2) is 0 Å². The molecule has 0 atom stereocenters. The van der Waals surface area contributed by atoms with Crippen LogP contribution in [-0.2, 0) is 16.0 Å². The molecule has 1 amide bonds. The Balaban J connectivity index is 1.96. The number of hydrogen-bond donors (Lipinski definition) is 2. The molecule has 0 radical (unpaired) electrons. The Bertz CT molecular complexity index is 523. The number of nitrogens with one attached hydrogen (secondary N) is 1. The molecule has 1 fully saturated rings. The Morgan fingerprint density at radius 1 is 1.22 bits per heavy atom. The van der Waals surface area contributed by atoms with Crippen molar-refractivity contribution in [3.05, 3.63) is 29.8 Å². The molecule has 0 aliphatic carbocycles. The highest BCUT2D eigenvalue weighted by atomic mass is 19.4. The molecule has 1 aliphatic heterocycles. The van der Waals surface area contributed by atoms with E-state index in [0.29, 0.717) is 37.3 Å². The summed E-state index contributed by atoms with van der Waals surface area (Å²) in [4.78, 5) is 12.5. The van der Waals surface area contributed by atoms with E-state index in [9.17, 15) is 18.0 Å². The van der Waals surface area contributed by atoms with Gasteiger partial charge in [0, 0.05) is 31.9 Å². The van der Waals surface area contributed by atoms with E-state index in [1.807, 2.05) is 0 Å². The molecule has 0 saturated carbocycles. The second kappa shape index (κ2) is 7.31. The molecule has 2 rings (SSSR count). The van der Waals surface area contributed by atoms with E-state index in [1.165, 1.54) is 0 Å². The van der Waals surface area contributed by atoms with Gasteiger partial charge in [-0.15, -0.1) is 0 Å². The van der Waals surface area contributed by atoms with Crippen molar-refractivity contribution in [2.45, 2.75) is 31.9 Å². The van der Waals surface area contributed by atoms with Gasteiger partial charge >= 0.3 is 6.18 Å². The van der Waals surface area contributed by atoms with Gasteiger partial charge < -0.3 is 15.8 Å². The average molecular weight is 330 g/mol. The third kappa shape index (κ3) is 4.94. The van der Waals surface area contributed by atoms with Gasteiger partial charge in [-0.3, -0.25) is 4.79 Å². The zero-order valence-corrected chi connectivity index (χ0v) is 12.8. The molecule has 0 spiro atoms. The number of rotatable bonds is 5. The van der Waals surface area contributed by atoms with Gasteiger partial charge in [-0.2, -0.15) is 13.2 Å². The van der Waals surface area contributed by atoms with Crippen molar-refractivity contribution in [2.75, 3.05) is 25.1 Å². The number of benzene rings is 1. The fraction of sp³-hybridized carbons (Fsp3) is 0.562. The summed E-state index contributed by atoms with van der Waals surface area (Å²) in [5.41, 5.74) is 6.29. The van der Waals surface area contributed by atoms with Crippen LogP contribution in [0.25, 0.3) is 0 Å². The van der Waals surface area contributed by atoms with Gasteiger partial charge in [-0.1, -0.05) is 12.1 Å². The predicted molar refractivity (Wildman–Crippen MR) is 81.0 cm³/mol. The van der Waals surface area contributed by atoms with Crippen LogP contribution in [0.5, 0.6) is 0 Å². The third-order valence-electron chi connectivity index (χ3n) is 4.23. The Morgan fingerprint density at radius 3 is 2.35 bits per heavy atom. The first kappa shape index (κ1) is 17.7. The Morgan fingerprint density at radius 2 is 1.83 bits per heavy atom. The van der Waals surface area contributed by atoms with E-state index in [2.05, 4.69) is 5.32 Å². The number of alkyl halides is 3. The number of aryl methyl sites for hydroxylation is 1.